The van der Waals surface area contributed by atoms with Gasteiger partial charge in [0.05, 0.1) is 3.79 Å². The van der Waals surface area contributed by atoms with Crippen LogP contribution in [-0.4, -0.2) is 37.1 Å². The molecular formula is C16H27BrN2S. The molecule has 114 valence electrons. The molecule has 1 atom stereocenters. The lowest BCUT2D eigenvalue weighted by Gasteiger charge is -2.44. The number of hydrogen-bond donors (Lipinski definition) is 1. The highest BCUT2D eigenvalue weighted by Gasteiger charge is 2.42. The van der Waals surface area contributed by atoms with Gasteiger partial charge in [-0.2, -0.15) is 0 Å². The standard InChI is InChI=1S/C16H27BrN2S/c1-4-11-18-14(12-13-7-8-15(17)20-13)16(19(2)3)9-5-6-10-16/h7-8,14,18H,4-6,9-12H2,1-3H3. The SMILES string of the molecule is CCCNC(Cc1ccc(Br)s1)C1(N(C)C)CCCC1. The molecule has 0 aliphatic heterocycles. The van der Waals surface area contributed by atoms with E-state index in [9.17, 15) is 0 Å². The van der Waals surface area contributed by atoms with Gasteiger partial charge >= 0.3 is 0 Å². The number of halogens is 1. The van der Waals surface area contributed by atoms with Gasteiger partial charge in [0, 0.05) is 16.5 Å². The van der Waals surface area contributed by atoms with E-state index in [1.165, 1.54) is 40.8 Å². The molecule has 4 heteroatoms. The molecule has 1 unspecified atom stereocenters. The summed E-state index contributed by atoms with van der Waals surface area (Å²) in [5, 5.41) is 3.84. The minimum absolute atomic E-state index is 0.339. The topological polar surface area (TPSA) is 15.3 Å². The molecule has 0 aromatic carbocycles. The monoisotopic (exact) mass is 358 g/mol. The van der Waals surface area contributed by atoms with E-state index in [4.69, 9.17) is 0 Å². The molecule has 1 heterocycles. The van der Waals surface area contributed by atoms with Crippen LogP contribution in [0.4, 0.5) is 0 Å². The summed E-state index contributed by atoms with van der Waals surface area (Å²) in [5.74, 6) is 0. The van der Waals surface area contributed by atoms with Crippen molar-refractivity contribution >= 4 is 27.3 Å². The van der Waals surface area contributed by atoms with E-state index in [1.807, 2.05) is 11.3 Å². The molecule has 0 radical (unpaired) electrons. The second-order valence-corrected chi connectivity index (χ2v) is 8.67. The Balaban J connectivity index is 2.16. The van der Waals surface area contributed by atoms with Crippen LogP contribution in [-0.2, 0) is 6.42 Å². The smallest absolute Gasteiger partial charge is 0.0701 e. The summed E-state index contributed by atoms with van der Waals surface area (Å²) in [6, 6.07) is 5.01. The first-order valence-corrected chi connectivity index (χ1v) is 9.34. The second-order valence-electron chi connectivity index (χ2n) is 6.12. The minimum atomic E-state index is 0.339. The van der Waals surface area contributed by atoms with E-state index in [0.717, 1.165) is 13.0 Å². The van der Waals surface area contributed by atoms with Crippen LogP contribution < -0.4 is 5.32 Å². The maximum absolute atomic E-state index is 3.84. The highest BCUT2D eigenvalue weighted by molar-refractivity contribution is 9.11. The fourth-order valence-corrected chi connectivity index (χ4v) is 5.06. The fourth-order valence-electron chi connectivity index (χ4n) is 3.53. The lowest BCUT2D eigenvalue weighted by molar-refractivity contribution is 0.105. The van der Waals surface area contributed by atoms with Gasteiger partial charge in [0.2, 0.25) is 0 Å². The van der Waals surface area contributed by atoms with Gasteiger partial charge in [0.25, 0.3) is 0 Å². The van der Waals surface area contributed by atoms with Crippen molar-refractivity contribution in [1.82, 2.24) is 10.2 Å². The second kappa shape index (κ2) is 7.39. The van der Waals surface area contributed by atoms with Crippen molar-refractivity contribution in [2.75, 3.05) is 20.6 Å². The van der Waals surface area contributed by atoms with Gasteiger partial charge in [-0.05, 0) is 74.4 Å². The number of nitrogens with zero attached hydrogens (tertiary/aromatic N) is 1. The highest BCUT2D eigenvalue weighted by Crippen LogP contribution is 2.38. The van der Waals surface area contributed by atoms with Crippen LogP contribution in [0, 0.1) is 0 Å². The van der Waals surface area contributed by atoms with Crippen LogP contribution in [0.3, 0.4) is 0 Å². The first-order valence-electron chi connectivity index (χ1n) is 7.73. The average molecular weight is 359 g/mol. The van der Waals surface area contributed by atoms with E-state index in [2.05, 4.69) is 59.3 Å². The van der Waals surface area contributed by atoms with Crippen molar-refractivity contribution in [3.63, 3.8) is 0 Å². The number of thiophene rings is 1. The van der Waals surface area contributed by atoms with Crippen LogP contribution in [0.15, 0.2) is 15.9 Å². The van der Waals surface area contributed by atoms with Crippen LogP contribution in [0.2, 0.25) is 0 Å². The average Bonchev–Trinajstić information content (AvgIpc) is 3.04. The third-order valence-corrected chi connectivity index (χ3v) is 6.33. The maximum atomic E-state index is 3.84. The summed E-state index contributed by atoms with van der Waals surface area (Å²) in [6.45, 7) is 3.37. The van der Waals surface area contributed by atoms with Gasteiger partial charge in [0.1, 0.15) is 0 Å². The summed E-state index contributed by atoms with van der Waals surface area (Å²) in [6.07, 6.45) is 7.75. The van der Waals surface area contributed by atoms with Crippen LogP contribution in [0.5, 0.6) is 0 Å². The molecular weight excluding hydrogens is 332 g/mol. The number of rotatable bonds is 7. The Kier molecular flexibility index (Phi) is 6.09. The first-order chi connectivity index (χ1) is 9.58. The van der Waals surface area contributed by atoms with E-state index in [0.29, 0.717) is 11.6 Å². The summed E-state index contributed by atoms with van der Waals surface area (Å²) in [5.41, 5.74) is 0.339. The summed E-state index contributed by atoms with van der Waals surface area (Å²) >= 11 is 5.47. The van der Waals surface area contributed by atoms with Crippen molar-refractivity contribution in [2.24, 2.45) is 0 Å². The Labute approximate surface area is 136 Å². The molecule has 1 N–H and O–H groups in total. The van der Waals surface area contributed by atoms with Crippen molar-refractivity contribution in [1.29, 1.82) is 0 Å². The molecule has 2 rings (SSSR count). The van der Waals surface area contributed by atoms with Crippen molar-refractivity contribution in [3.05, 3.63) is 20.8 Å². The Morgan fingerprint density at radius 3 is 2.55 bits per heavy atom. The lowest BCUT2D eigenvalue weighted by atomic mass is 9.84. The summed E-state index contributed by atoms with van der Waals surface area (Å²) in [7, 11) is 4.52. The van der Waals surface area contributed by atoms with Crippen molar-refractivity contribution < 1.29 is 0 Å². The molecule has 2 nitrogen and oxygen atoms in total. The predicted molar refractivity (Wildman–Crippen MR) is 92.7 cm³/mol. The van der Waals surface area contributed by atoms with Crippen molar-refractivity contribution in [3.8, 4) is 0 Å². The molecule has 1 aliphatic rings. The Morgan fingerprint density at radius 2 is 2.05 bits per heavy atom. The predicted octanol–water partition coefficient (Wildman–Crippen LogP) is 4.30. The molecule has 1 aliphatic carbocycles. The van der Waals surface area contributed by atoms with Crippen LogP contribution in [0.1, 0.15) is 43.9 Å². The molecule has 0 bridgehead atoms. The van der Waals surface area contributed by atoms with Gasteiger partial charge in [-0.15, -0.1) is 11.3 Å². The van der Waals surface area contributed by atoms with E-state index >= 15 is 0 Å². The van der Waals surface area contributed by atoms with E-state index < -0.39 is 0 Å². The number of likely N-dealkylation sites (N-methyl/N-ethyl adjacent to an activating group) is 1. The fraction of sp³-hybridized carbons (Fsp3) is 0.750. The molecule has 0 saturated heterocycles. The normalized spacial score (nSPS) is 19.6. The molecule has 1 fully saturated rings. The van der Waals surface area contributed by atoms with Gasteiger partial charge in [-0.3, -0.25) is 0 Å². The van der Waals surface area contributed by atoms with E-state index in [-0.39, 0.29) is 0 Å². The molecule has 1 saturated carbocycles. The third-order valence-electron chi connectivity index (χ3n) is 4.68. The lowest BCUT2D eigenvalue weighted by Crippen LogP contribution is -2.58. The quantitative estimate of drug-likeness (QED) is 0.781. The minimum Gasteiger partial charge on any atom is -0.312 e. The zero-order chi connectivity index (χ0) is 14.6. The molecule has 1 aromatic heterocycles. The first kappa shape index (κ1) is 16.5. The zero-order valence-electron chi connectivity index (χ0n) is 12.9. The molecule has 1 aromatic rings. The third kappa shape index (κ3) is 3.65. The summed E-state index contributed by atoms with van der Waals surface area (Å²) < 4.78 is 1.24. The van der Waals surface area contributed by atoms with Gasteiger partial charge in [0.15, 0.2) is 0 Å². The van der Waals surface area contributed by atoms with Crippen molar-refractivity contribution in [2.45, 2.75) is 57.0 Å². The van der Waals surface area contributed by atoms with Crippen LogP contribution >= 0.6 is 27.3 Å². The maximum Gasteiger partial charge on any atom is 0.0701 e. The Morgan fingerprint density at radius 1 is 1.35 bits per heavy atom. The highest BCUT2D eigenvalue weighted by atomic mass is 79.9. The molecule has 0 amide bonds. The summed E-state index contributed by atoms with van der Waals surface area (Å²) in [4.78, 5) is 3.97. The van der Waals surface area contributed by atoms with Gasteiger partial charge < -0.3 is 10.2 Å². The number of nitrogens with one attached hydrogen (secondary N) is 1. The Bertz CT molecular complexity index is 410. The van der Waals surface area contributed by atoms with Gasteiger partial charge in [-0.1, -0.05) is 19.8 Å². The number of hydrogen-bond acceptors (Lipinski definition) is 3. The van der Waals surface area contributed by atoms with Gasteiger partial charge in [-0.25, -0.2) is 0 Å². The molecule has 0 spiro atoms. The largest absolute Gasteiger partial charge is 0.312 e. The van der Waals surface area contributed by atoms with Crippen LogP contribution in [0.25, 0.3) is 0 Å². The zero-order valence-corrected chi connectivity index (χ0v) is 15.3. The Hall–Kier alpha value is 0.1000. The molecule has 20 heavy (non-hydrogen) atoms. The van der Waals surface area contributed by atoms with E-state index in [1.54, 1.807) is 0 Å².